The summed E-state index contributed by atoms with van der Waals surface area (Å²) in [6, 6.07) is 11.7. The molecule has 1 unspecified atom stereocenters. The number of methoxy groups -OCH3 is 1. The van der Waals surface area contributed by atoms with Gasteiger partial charge in [-0.3, -0.25) is 0 Å². The number of hydrogen-bond donors (Lipinski definition) is 1. The van der Waals surface area contributed by atoms with Gasteiger partial charge in [0, 0.05) is 5.02 Å². The number of benzene rings is 2. The second-order valence-electron chi connectivity index (χ2n) is 8.35. The summed E-state index contributed by atoms with van der Waals surface area (Å²) in [5.41, 5.74) is 5.86. The van der Waals surface area contributed by atoms with Crippen LogP contribution in [0.15, 0.2) is 48.6 Å². The predicted octanol–water partition coefficient (Wildman–Crippen LogP) is 9.96. The van der Waals surface area contributed by atoms with E-state index in [0.717, 1.165) is 34.7 Å². The number of aliphatic hydroxyl groups is 1. The highest BCUT2D eigenvalue weighted by molar-refractivity contribution is 6.31. The molecule has 1 atom stereocenters. The van der Waals surface area contributed by atoms with Crippen molar-refractivity contribution in [2.75, 3.05) is 7.11 Å². The average Bonchev–Trinajstić information content (AvgIpc) is 2.82. The minimum Gasteiger partial charge on any atom is -0.497 e. The third kappa shape index (κ3) is 16.5. The Labute approximate surface area is 210 Å². The Morgan fingerprint density at radius 2 is 1.52 bits per heavy atom. The lowest BCUT2D eigenvalue weighted by Gasteiger charge is -2.12. The molecule has 0 saturated heterocycles. The molecule has 0 spiro atoms. The molecule has 33 heavy (non-hydrogen) atoms. The number of rotatable bonds is 7. The van der Waals surface area contributed by atoms with E-state index in [1.807, 2.05) is 45.0 Å². The van der Waals surface area contributed by atoms with Gasteiger partial charge in [-0.1, -0.05) is 94.8 Å². The molecule has 0 bridgehead atoms. The first-order chi connectivity index (χ1) is 15.6. The van der Waals surface area contributed by atoms with Gasteiger partial charge in [-0.2, -0.15) is 0 Å². The van der Waals surface area contributed by atoms with Crippen molar-refractivity contribution in [3.8, 4) is 5.75 Å². The molecular weight excluding hydrogens is 428 g/mol. The van der Waals surface area contributed by atoms with Crippen LogP contribution in [0.4, 0.5) is 0 Å². The van der Waals surface area contributed by atoms with E-state index >= 15 is 0 Å². The molecule has 0 aliphatic rings. The van der Waals surface area contributed by atoms with Crippen LogP contribution in [0.25, 0.3) is 0 Å². The molecule has 2 aromatic rings. The molecule has 2 nitrogen and oxygen atoms in total. The van der Waals surface area contributed by atoms with Gasteiger partial charge in [0.15, 0.2) is 0 Å². The van der Waals surface area contributed by atoms with E-state index in [1.165, 1.54) is 42.4 Å². The molecule has 2 rings (SSSR count). The van der Waals surface area contributed by atoms with E-state index in [2.05, 4.69) is 47.3 Å². The number of aliphatic hydroxyl groups excluding tert-OH is 1. The van der Waals surface area contributed by atoms with Crippen molar-refractivity contribution < 1.29 is 9.84 Å². The van der Waals surface area contributed by atoms with Gasteiger partial charge in [-0.25, -0.2) is 0 Å². The van der Waals surface area contributed by atoms with Crippen molar-refractivity contribution in [2.24, 2.45) is 0 Å². The summed E-state index contributed by atoms with van der Waals surface area (Å²) in [5, 5.41) is 10.4. The van der Waals surface area contributed by atoms with E-state index in [1.54, 1.807) is 13.2 Å². The smallest absolute Gasteiger partial charge is 0.120 e. The molecule has 3 heteroatoms. The number of ether oxygens (including phenoxy) is 1. The molecule has 0 aliphatic heterocycles. The standard InChI is InChI=1S/C11H16O.C8H9ClO.C6H14.C5H10/c1-4-11(12)10-7-5-6-8(2)9(10)3;1-6-3-4-7(10-2)5-8(6)9;1-3-5-6-4-2;1-4-5(2)3/h5-7,11-12H,4H2,1-3H3;3-5H,1-2H3;3-6H2,1-2H3;2,4H2,1,3H3. The molecule has 0 fully saturated rings. The zero-order valence-corrected chi connectivity index (χ0v) is 23.5. The van der Waals surface area contributed by atoms with E-state index in [-0.39, 0.29) is 6.10 Å². The molecule has 188 valence electrons. The molecule has 0 amide bonds. The Kier molecular flexibility index (Phi) is 21.1. The van der Waals surface area contributed by atoms with Gasteiger partial charge in [0.2, 0.25) is 0 Å². The highest BCUT2D eigenvalue weighted by Crippen LogP contribution is 2.22. The third-order valence-corrected chi connectivity index (χ3v) is 5.74. The molecule has 0 aromatic heterocycles. The number of aryl methyl sites for hydroxylation is 2. The normalized spacial score (nSPS) is 10.4. The molecule has 0 radical (unpaired) electrons. The number of hydrogen-bond acceptors (Lipinski definition) is 2. The summed E-state index contributed by atoms with van der Waals surface area (Å²) < 4.78 is 4.97. The molecule has 0 aliphatic carbocycles. The lowest BCUT2D eigenvalue weighted by Crippen LogP contribution is -1.99. The minimum atomic E-state index is -0.301. The average molecular weight is 477 g/mol. The first-order valence-electron chi connectivity index (χ1n) is 12.3. The van der Waals surface area contributed by atoms with Gasteiger partial charge in [0.25, 0.3) is 0 Å². The minimum absolute atomic E-state index is 0.301. The SMILES string of the molecule is C=C(C)CC.CCC(O)c1cccc(C)c1C.CCCCCC.COc1ccc(C)c(Cl)c1. The highest BCUT2D eigenvalue weighted by atomic mass is 35.5. The fourth-order valence-corrected chi connectivity index (χ4v) is 2.73. The van der Waals surface area contributed by atoms with Crippen LogP contribution in [-0.4, -0.2) is 12.2 Å². The maximum Gasteiger partial charge on any atom is 0.120 e. The van der Waals surface area contributed by atoms with Gasteiger partial charge in [-0.05, 0) is 74.9 Å². The van der Waals surface area contributed by atoms with Crippen molar-refractivity contribution in [3.63, 3.8) is 0 Å². The van der Waals surface area contributed by atoms with Gasteiger partial charge >= 0.3 is 0 Å². The summed E-state index contributed by atoms with van der Waals surface area (Å²) in [6.45, 7) is 20.3. The lowest BCUT2D eigenvalue weighted by atomic mass is 9.98. The second kappa shape index (κ2) is 20.8. The predicted molar refractivity (Wildman–Crippen MR) is 149 cm³/mol. The maximum atomic E-state index is 9.63. The Bertz CT molecular complexity index is 764. The number of halogens is 1. The van der Waals surface area contributed by atoms with Crippen LogP contribution in [0.3, 0.4) is 0 Å². The van der Waals surface area contributed by atoms with Crippen molar-refractivity contribution in [3.05, 3.63) is 75.8 Å². The van der Waals surface area contributed by atoms with Crippen molar-refractivity contribution in [1.29, 1.82) is 0 Å². The Hall–Kier alpha value is -1.77. The Balaban J connectivity index is 0. The summed E-state index contributed by atoms with van der Waals surface area (Å²) in [4.78, 5) is 0. The number of unbranched alkanes of at least 4 members (excludes halogenated alkanes) is 3. The molecule has 0 heterocycles. The van der Waals surface area contributed by atoms with Gasteiger partial charge in [0.05, 0.1) is 13.2 Å². The molecular formula is C30H49ClO2. The Morgan fingerprint density at radius 3 is 1.91 bits per heavy atom. The first kappa shape index (κ1) is 33.4. The second-order valence-corrected chi connectivity index (χ2v) is 8.75. The lowest BCUT2D eigenvalue weighted by molar-refractivity contribution is 0.173. The third-order valence-electron chi connectivity index (χ3n) is 5.33. The van der Waals surface area contributed by atoms with Crippen LogP contribution < -0.4 is 4.74 Å². The van der Waals surface area contributed by atoms with Crippen LogP contribution in [0, 0.1) is 20.8 Å². The first-order valence-corrected chi connectivity index (χ1v) is 12.7. The van der Waals surface area contributed by atoms with Crippen molar-refractivity contribution in [2.45, 2.75) is 100 Å². The topological polar surface area (TPSA) is 29.5 Å². The summed E-state index contributed by atoms with van der Waals surface area (Å²) in [7, 11) is 1.63. The van der Waals surface area contributed by atoms with Gasteiger partial charge in [-0.15, -0.1) is 6.58 Å². The Morgan fingerprint density at radius 1 is 0.970 bits per heavy atom. The zero-order chi connectivity index (χ0) is 25.8. The van der Waals surface area contributed by atoms with Crippen LogP contribution in [0.2, 0.25) is 5.02 Å². The summed E-state index contributed by atoms with van der Waals surface area (Å²) in [6.07, 6.45) is 7.13. The van der Waals surface area contributed by atoms with Crippen molar-refractivity contribution >= 4 is 11.6 Å². The van der Waals surface area contributed by atoms with E-state index in [0.29, 0.717) is 0 Å². The summed E-state index contributed by atoms with van der Waals surface area (Å²) in [5.74, 6) is 0.801. The fraction of sp³-hybridized carbons (Fsp3) is 0.533. The van der Waals surface area contributed by atoms with Gasteiger partial charge < -0.3 is 9.84 Å². The summed E-state index contributed by atoms with van der Waals surface area (Å²) >= 11 is 5.81. The molecule has 1 N–H and O–H groups in total. The van der Waals surface area contributed by atoms with E-state index in [9.17, 15) is 5.11 Å². The quantitative estimate of drug-likeness (QED) is 0.318. The van der Waals surface area contributed by atoms with Crippen LogP contribution >= 0.6 is 11.6 Å². The largest absolute Gasteiger partial charge is 0.497 e. The van der Waals surface area contributed by atoms with Crippen LogP contribution in [0.1, 0.15) is 102 Å². The van der Waals surface area contributed by atoms with Crippen LogP contribution in [0.5, 0.6) is 5.75 Å². The number of allylic oxidation sites excluding steroid dienone is 1. The highest BCUT2D eigenvalue weighted by Gasteiger charge is 2.08. The van der Waals surface area contributed by atoms with Gasteiger partial charge in [0.1, 0.15) is 5.75 Å². The zero-order valence-electron chi connectivity index (χ0n) is 22.7. The fourth-order valence-electron chi connectivity index (χ4n) is 2.56. The maximum absolute atomic E-state index is 9.63. The van der Waals surface area contributed by atoms with Crippen molar-refractivity contribution in [1.82, 2.24) is 0 Å². The molecule has 0 saturated carbocycles. The van der Waals surface area contributed by atoms with E-state index in [4.69, 9.17) is 16.3 Å². The van der Waals surface area contributed by atoms with Crippen LogP contribution in [-0.2, 0) is 0 Å². The monoisotopic (exact) mass is 476 g/mol. The van der Waals surface area contributed by atoms with E-state index < -0.39 is 0 Å². The molecule has 2 aromatic carbocycles.